The molecular formula is C11H14Cl4N2O2S. The maximum absolute atomic E-state index is 12.2. The molecule has 0 bridgehead atoms. The van der Waals surface area contributed by atoms with E-state index in [-0.39, 0.29) is 38.9 Å². The summed E-state index contributed by atoms with van der Waals surface area (Å²) in [6.45, 7) is 0.171. The molecule has 4 nitrogen and oxygen atoms in total. The van der Waals surface area contributed by atoms with Crippen LogP contribution in [0.5, 0.6) is 0 Å². The highest BCUT2D eigenvalue weighted by Gasteiger charge is 2.34. The number of hydrogen-bond acceptors (Lipinski definition) is 3. The van der Waals surface area contributed by atoms with Crippen molar-refractivity contribution in [2.24, 2.45) is 5.73 Å². The average molecular weight is 380 g/mol. The Balaban J connectivity index is 0.00000200. The van der Waals surface area contributed by atoms with E-state index in [9.17, 15) is 8.42 Å². The van der Waals surface area contributed by atoms with Crippen molar-refractivity contribution in [2.75, 3.05) is 6.54 Å². The lowest BCUT2D eigenvalue weighted by atomic mass is 9.78. The number of sulfonamides is 1. The third-order valence-corrected chi connectivity index (χ3v) is 5.74. The minimum absolute atomic E-state index is 0. The monoisotopic (exact) mass is 378 g/mol. The Morgan fingerprint density at radius 3 is 2.10 bits per heavy atom. The van der Waals surface area contributed by atoms with Crippen molar-refractivity contribution >= 4 is 57.2 Å². The Hall–Kier alpha value is 0.250. The summed E-state index contributed by atoms with van der Waals surface area (Å²) < 4.78 is 26.8. The summed E-state index contributed by atoms with van der Waals surface area (Å²) in [7, 11) is -3.80. The molecule has 1 aromatic carbocycles. The van der Waals surface area contributed by atoms with Crippen molar-refractivity contribution in [3.63, 3.8) is 0 Å². The lowest BCUT2D eigenvalue weighted by Gasteiger charge is -2.38. The predicted molar refractivity (Wildman–Crippen MR) is 84.7 cm³/mol. The molecule has 0 aromatic heterocycles. The van der Waals surface area contributed by atoms with Crippen LogP contribution < -0.4 is 10.5 Å². The zero-order valence-electron chi connectivity index (χ0n) is 10.3. The first-order chi connectivity index (χ1) is 8.73. The summed E-state index contributed by atoms with van der Waals surface area (Å²) in [6, 6.07) is 2.68. The minimum Gasteiger partial charge on any atom is -0.324 e. The van der Waals surface area contributed by atoms with E-state index in [1.54, 1.807) is 0 Å². The molecule has 0 heterocycles. The Labute approximate surface area is 139 Å². The molecule has 0 atom stereocenters. The van der Waals surface area contributed by atoms with Crippen LogP contribution in [0.4, 0.5) is 0 Å². The second kappa shape index (κ2) is 6.57. The van der Waals surface area contributed by atoms with Gasteiger partial charge in [0.1, 0.15) is 4.90 Å². The lowest BCUT2D eigenvalue weighted by molar-refractivity contribution is 0.251. The van der Waals surface area contributed by atoms with Gasteiger partial charge in [-0.25, -0.2) is 13.1 Å². The van der Waals surface area contributed by atoms with Gasteiger partial charge in [0.2, 0.25) is 10.0 Å². The Bertz CT molecular complexity index is 579. The van der Waals surface area contributed by atoms with E-state index in [1.165, 1.54) is 12.1 Å². The number of benzene rings is 1. The summed E-state index contributed by atoms with van der Waals surface area (Å²) in [5, 5.41) is 0.262. The van der Waals surface area contributed by atoms with Gasteiger partial charge >= 0.3 is 0 Å². The normalized spacial score (nSPS) is 17.2. The molecule has 0 saturated heterocycles. The van der Waals surface area contributed by atoms with Crippen molar-refractivity contribution < 1.29 is 8.42 Å². The Morgan fingerprint density at radius 1 is 1.20 bits per heavy atom. The molecule has 20 heavy (non-hydrogen) atoms. The number of nitrogens with two attached hydrogens (primary N) is 1. The minimum atomic E-state index is -3.80. The van der Waals surface area contributed by atoms with Crippen molar-refractivity contribution in [1.82, 2.24) is 4.72 Å². The van der Waals surface area contributed by atoms with Gasteiger partial charge in [-0.2, -0.15) is 0 Å². The summed E-state index contributed by atoms with van der Waals surface area (Å²) >= 11 is 17.5. The second-order valence-corrected chi connectivity index (χ2v) is 7.69. The predicted octanol–water partition coefficient (Wildman–Crippen LogP) is 3.23. The van der Waals surface area contributed by atoms with Crippen molar-refractivity contribution in [3.8, 4) is 0 Å². The average Bonchev–Trinajstić information content (AvgIpc) is 2.22. The Kier molecular flexibility index (Phi) is 6.01. The van der Waals surface area contributed by atoms with E-state index in [0.29, 0.717) is 0 Å². The van der Waals surface area contributed by atoms with Gasteiger partial charge in [-0.1, -0.05) is 34.8 Å². The fourth-order valence-corrected chi connectivity index (χ4v) is 4.58. The number of halogens is 4. The van der Waals surface area contributed by atoms with Crippen LogP contribution in [0, 0.1) is 0 Å². The maximum atomic E-state index is 12.2. The van der Waals surface area contributed by atoms with Gasteiger partial charge in [0, 0.05) is 17.1 Å². The molecule has 3 N–H and O–H groups in total. The summed E-state index contributed by atoms with van der Waals surface area (Å²) in [5.74, 6) is 0. The van der Waals surface area contributed by atoms with Gasteiger partial charge in [0.25, 0.3) is 0 Å². The molecule has 2 rings (SSSR count). The van der Waals surface area contributed by atoms with Crippen LogP contribution in [-0.2, 0) is 10.0 Å². The zero-order valence-corrected chi connectivity index (χ0v) is 14.2. The third kappa shape index (κ3) is 3.91. The third-order valence-electron chi connectivity index (χ3n) is 3.20. The van der Waals surface area contributed by atoms with Gasteiger partial charge in [-0.05, 0) is 31.4 Å². The Morgan fingerprint density at radius 2 is 1.70 bits per heavy atom. The molecule has 1 fully saturated rings. The quantitative estimate of drug-likeness (QED) is 0.843. The van der Waals surface area contributed by atoms with Gasteiger partial charge in [-0.15, -0.1) is 12.4 Å². The van der Waals surface area contributed by atoms with E-state index >= 15 is 0 Å². The molecule has 0 radical (unpaired) electrons. The van der Waals surface area contributed by atoms with Crippen LogP contribution in [0.15, 0.2) is 17.0 Å². The molecule has 9 heteroatoms. The van der Waals surface area contributed by atoms with Gasteiger partial charge < -0.3 is 5.73 Å². The van der Waals surface area contributed by atoms with Gasteiger partial charge in [-0.3, -0.25) is 0 Å². The lowest BCUT2D eigenvalue weighted by Crippen LogP contribution is -2.54. The topological polar surface area (TPSA) is 72.2 Å². The van der Waals surface area contributed by atoms with Crippen molar-refractivity contribution in [1.29, 1.82) is 0 Å². The van der Waals surface area contributed by atoms with E-state index in [2.05, 4.69) is 4.72 Å². The highest BCUT2D eigenvalue weighted by molar-refractivity contribution is 7.89. The fourth-order valence-electron chi connectivity index (χ4n) is 1.90. The van der Waals surface area contributed by atoms with Crippen molar-refractivity contribution in [3.05, 3.63) is 27.2 Å². The molecule has 0 spiro atoms. The van der Waals surface area contributed by atoms with Crippen LogP contribution in [0.1, 0.15) is 19.3 Å². The van der Waals surface area contributed by atoms with E-state index in [4.69, 9.17) is 40.5 Å². The number of rotatable bonds is 4. The molecule has 1 aromatic rings. The first-order valence-electron chi connectivity index (χ1n) is 5.67. The van der Waals surface area contributed by atoms with Gasteiger partial charge in [0.15, 0.2) is 0 Å². The summed E-state index contributed by atoms with van der Waals surface area (Å²) in [5.41, 5.74) is 5.51. The molecule has 1 aliphatic rings. The molecule has 0 unspecified atom stereocenters. The smallest absolute Gasteiger partial charge is 0.243 e. The summed E-state index contributed by atoms with van der Waals surface area (Å²) in [4.78, 5) is -0.164. The van der Waals surface area contributed by atoms with Crippen LogP contribution in [0.2, 0.25) is 15.1 Å². The highest BCUT2D eigenvalue weighted by Crippen LogP contribution is 2.33. The van der Waals surface area contributed by atoms with E-state index in [1.807, 2.05) is 0 Å². The highest BCUT2D eigenvalue weighted by atomic mass is 35.5. The van der Waals surface area contributed by atoms with Crippen LogP contribution in [-0.4, -0.2) is 20.5 Å². The van der Waals surface area contributed by atoms with E-state index in [0.717, 1.165) is 19.3 Å². The second-order valence-electron chi connectivity index (χ2n) is 4.74. The molecular weight excluding hydrogens is 366 g/mol. The summed E-state index contributed by atoms with van der Waals surface area (Å²) in [6.07, 6.45) is 2.62. The van der Waals surface area contributed by atoms with Crippen molar-refractivity contribution in [2.45, 2.75) is 29.7 Å². The molecule has 1 saturated carbocycles. The molecule has 0 aliphatic heterocycles. The molecule has 114 valence electrons. The SMILES string of the molecule is Cl.NC1(CNS(=O)(=O)c2c(Cl)cc(Cl)cc2Cl)CCC1. The first-order valence-corrected chi connectivity index (χ1v) is 8.28. The van der Waals surface area contributed by atoms with Crippen LogP contribution in [0.3, 0.4) is 0 Å². The molecule has 0 amide bonds. The fraction of sp³-hybridized carbons (Fsp3) is 0.455. The largest absolute Gasteiger partial charge is 0.324 e. The van der Waals surface area contributed by atoms with Gasteiger partial charge in [0.05, 0.1) is 10.0 Å². The molecule has 1 aliphatic carbocycles. The van der Waals surface area contributed by atoms with E-state index < -0.39 is 15.6 Å². The standard InChI is InChI=1S/C11H13Cl3N2O2S.ClH/c12-7-4-8(13)10(9(14)5-7)19(17,18)16-6-11(15)2-1-3-11;/h4-5,16H,1-3,6,15H2;1H. The first kappa shape index (κ1) is 18.3. The maximum Gasteiger partial charge on any atom is 0.243 e. The number of nitrogens with one attached hydrogen (secondary N) is 1. The number of hydrogen-bond donors (Lipinski definition) is 2. The van der Waals surface area contributed by atoms with Crippen LogP contribution in [0.25, 0.3) is 0 Å². The zero-order chi connectivity index (χ0) is 14.3. The van der Waals surface area contributed by atoms with Crippen LogP contribution >= 0.6 is 47.2 Å².